The average Bonchev–Trinajstić information content (AvgIpc) is 2.14. The van der Waals surface area contributed by atoms with Gasteiger partial charge in [0.2, 0.25) is 0 Å². The highest BCUT2D eigenvalue weighted by atomic mass is 35.5. The van der Waals surface area contributed by atoms with E-state index in [2.05, 4.69) is 6.92 Å². The van der Waals surface area contributed by atoms with Gasteiger partial charge in [-0.3, -0.25) is 0 Å². The summed E-state index contributed by atoms with van der Waals surface area (Å²) >= 11 is 5.96. The third kappa shape index (κ3) is 2.63. The lowest BCUT2D eigenvalue weighted by Crippen LogP contribution is -2.10. The normalized spacial score (nSPS) is 12.8. The first-order chi connectivity index (χ1) is 6.66. The van der Waals surface area contributed by atoms with Crippen LogP contribution in [0.1, 0.15) is 37.8 Å². The maximum absolute atomic E-state index is 9.60. The summed E-state index contributed by atoms with van der Waals surface area (Å²) in [5.74, 6) is 0.195. The van der Waals surface area contributed by atoms with Crippen LogP contribution in [0, 0.1) is 0 Å². The fourth-order valence-electron chi connectivity index (χ4n) is 1.46. The molecule has 0 aliphatic carbocycles. The van der Waals surface area contributed by atoms with E-state index in [1.165, 1.54) is 0 Å². The molecule has 1 aromatic carbocycles. The summed E-state index contributed by atoms with van der Waals surface area (Å²) in [7, 11) is 0. The predicted molar refractivity (Wildman–Crippen MR) is 59.6 cm³/mol. The molecule has 14 heavy (non-hydrogen) atoms. The Morgan fingerprint density at radius 1 is 1.50 bits per heavy atom. The van der Waals surface area contributed by atoms with Crippen LogP contribution in [0.15, 0.2) is 18.2 Å². The molecular weight excluding hydrogens is 198 g/mol. The van der Waals surface area contributed by atoms with Gasteiger partial charge in [0.05, 0.1) is 0 Å². The van der Waals surface area contributed by atoms with E-state index >= 15 is 0 Å². The smallest absolute Gasteiger partial charge is 0.121 e. The van der Waals surface area contributed by atoms with E-state index in [9.17, 15) is 5.11 Å². The van der Waals surface area contributed by atoms with E-state index in [-0.39, 0.29) is 11.8 Å². The molecule has 0 bridgehead atoms. The summed E-state index contributed by atoms with van der Waals surface area (Å²) in [6.45, 7) is 2.11. The van der Waals surface area contributed by atoms with Gasteiger partial charge < -0.3 is 10.8 Å². The number of phenols is 1. The monoisotopic (exact) mass is 213 g/mol. The van der Waals surface area contributed by atoms with Crippen molar-refractivity contribution in [1.82, 2.24) is 0 Å². The van der Waals surface area contributed by atoms with E-state index in [1.54, 1.807) is 18.2 Å². The number of hydrogen-bond donors (Lipinski definition) is 2. The molecule has 0 unspecified atom stereocenters. The Balaban J connectivity index is 2.82. The van der Waals surface area contributed by atoms with Crippen LogP contribution in [0.2, 0.25) is 5.02 Å². The van der Waals surface area contributed by atoms with Crippen molar-refractivity contribution in [3.8, 4) is 5.75 Å². The fraction of sp³-hybridized carbons (Fsp3) is 0.455. The third-order valence-electron chi connectivity index (χ3n) is 2.27. The van der Waals surface area contributed by atoms with Gasteiger partial charge in [-0.05, 0) is 18.6 Å². The topological polar surface area (TPSA) is 46.2 Å². The number of rotatable bonds is 4. The Hall–Kier alpha value is -0.730. The number of phenolic OH excluding ortho intramolecular Hbond substituents is 1. The van der Waals surface area contributed by atoms with Crippen LogP contribution in [0.5, 0.6) is 5.75 Å². The van der Waals surface area contributed by atoms with Crippen LogP contribution in [0.3, 0.4) is 0 Å². The summed E-state index contributed by atoms with van der Waals surface area (Å²) < 4.78 is 0. The lowest BCUT2D eigenvalue weighted by atomic mass is 10.0. The van der Waals surface area contributed by atoms with Crippen molar-refractivity contribution in [3.05, 3.63) is 28.8 Å². The molecule has 1 atom stereocenters. The van der Waals surface area contributed by atoms with Gasteiger partial charge in [0.15, 0.2) is 0 Å². The summed E-state index contributed by atoms with van der Waals surface area (Å²) in [4.78, 5) is 0. The number of halogens is 1. The van der Waals surface area contributed by atoms with Crippen LogP contribution >= 0.6 is 11.6 Å². The molecule has 0 spiro atoms. The zero-order chi connectivity index (χ0) is 10.6. The van der Waals surface area contributed by atoms with E-state index in [4.69, 9.17) is 17.3 Å². The van der Waals surface area contributed by atoms with Crippen molar-refractivity contribution < 1.29 is 5.11 Å². The highest BCUT2D eigenvalue weighted by Crippen LogP contribution is 2.32. The number of aromatic hydroxyl groups is 1. The Bertz CT molecular complexity index is 281. The van der Waals surface area contributed by atoms with Gasteiger partial charge in [-0.2, -0.15) is 0 Å². The Kier molecular flexibility index (Phi) is 4.23. The molecule has 0 heterocycles. The fourth-order valence-corrected chi connectivity index (χ4v) is 1.77. The number of hydrogen-bond acceptors (Lipinski definition) is 2. The van der Waals surface area contributed by atoms with Crippen molar-refractivity contribution in [2.45, 2.75) is 32.2 Å². The Morgan fingerprint density at radius 3 is 2.79 bits per heavy atom. The first-order valence-corrected chi connectivity index (χ1v) is 5.27. The molecule has 0 aliphatic rings. The molecule has 0 amide bonds. The second-order valence-electron chi connectivity index (χ2n) is 3.42. The molecule has 2 nitrogen and oxygen atoms in total. The van der Waals surface area contributed by atoms with Crippen LogP contribution in [0.25, 0.3) is 0 Å². The van der Waals surface area contributed by atoms with Gasteiger partial charge in [0.25, 0.3) is 0 Å². The number of benzene rings is 1. The van der Waals surface area contributed by atoms with Crippen molar-refractivity contribution in [1.29, 1.82) is 0 Å². The summed E-state index contributed by atoms with van der Waals surface area (Å²) in [5, 5.41) is 10.1. The van der Waals surface area contributed by atoms with Gasteiger partial charge in [-0.15, -0.1) is 0 Å². The minimum Gasteiger partial charge on any atom is -0.508 e. The minimum atomic E-state index is -0.163. The van der Waals surface area contributed by atoms with Crippen molar-refractivity contribution in [3.63, 3.8) is 0 Å². The predicted octanol–water partition coefficient (Wildman–Crippen LogP) is 3.24. The highest BCUT2D eigenvalue weighted by Gasteiger charge is 2.13. The van der Waals surface area contributed by atoms with Gasteiger partial charge in [0.1, 0.15) is 5.75 Å². The molecule has 3 heteroatoms. The lowest BCUT2D eigenvalue weighted by Gasteiger charge is -2.14. The van der Waals surface area contributed by atoms with E-state index in [1.807, 2.05) is 0 Å². The first kappa shape index (κ1) is 11.3. The maximum Gasteiger partial charge on any atom is 0.121 e. The molecular formula is C11H16ClNO. The molecule has 1 aromatic rings. The van der Waals surface area contributed by atoms with Crippen molar-refractivity contribution >= 4 is 11.6 Å². The molecule has 0 fully saturated rings. The number of unbranched alkanes of at least 4 members (excludes halogenated alkanes) is 1. The molecule has 3 N–H and O–H groups in total. The Labute approximate surface area is 89.7 Å². The summed E-state index contributed by atoms with van der Waals surface area (Å²) in [6.07, 6.45) is 3.00. The van der Waals surface area contributed by atoms with E-state index in [0.29, 0.717) is 10.6 Å². The van der Waals surface area contributed by atoms with E-state index in [0.717, 1.165) is 19.3 Å². The molecule has 0 saturated carbocycles. The van der Waals surface area contributed by atoms with Gasteiger partial charge in [0, 0.05) is 16.6 Å². The van der Waals surface area contributed by atoms with Gasteiger partial charge in [-0.25, -0.2) is 0 Å². The third-order valence-corrected chi connectivity index (χ3v) is 2.60. The minimum absolute atomic E-state index is 0.163. The maximum atomic E-state index is 9.60. The van der Waals surface area contributed by atoms with E-state index < -0.39 is 0 Å². The van der Waals surface area contributed by atoms with Crippen molar-refractivity contribution in [2.24, 2.45) is 5.73 Å². The zero-order valence-electron chi connectivity index (χ0n) is 8.33. The molecule has 78 valence electrons. The SMILES string of the molecule is CCCC[C@H](N)c1c(O)cccc1Cl. The van der Waals surface area contributed by atoms with Crippen LogP contribution in [0.4, 0.5) is 0 Å². The molecule has 0 aliphatic heterocycles. The molecule has 1 rings (SSSR count). The first-order valence-electron chi connectivity index (χ1n) is 4.89. The Morgan fingerprint density at radius 2 is 2.21 bits per heavy atom. The standard InChI is InChI=1S/C11H16ClNO/c1-2-3-6-9(13)11-8(12)5-4-7-10(11)14/h4-5,7,9,14H,2-3,6,13H2,1H3/t9-/m0/s1. The average molecular weight is 214 g/mol. The second kappa shape index (κ2) is 5.23. The van der Waals surface area contributed by atoms with Gasteiger partial charge in [-0.1, -0.05) is 37.4 Å². The zero-order valence-corrected chi connectivity index (χ0v) is 9.09. The quantitative estimate of drug-likeness (QED) is 0.807. The van der Waals surface area contributed by atoms with Crippen LogP contribution < -0.4 is 5.73 Å². The van der Waals surface area contributed by atoms with Gasteiger partial charge >= 0.3 is 0 Å². The largest absolute Gasteiger partial charge is 0.508 e. The lowest BCUT2D eigenvalue weighted by molar-refractivity contribution is 0.456. The van der Waals surface area contributed by atoms with Crippen LogP contribution in [-0.2, 0) is 0 Å². The highest BCUT2D eigenvalue weighted by molar-refractivity contribution is 6.31. The molecule has 0 aromatic heterocycles. The summed E-state index contributed by atoms with van der Waals surface area (Å²) in [6, 6.07) is 4.92. The summed E-state index contributed by atoms with van der Waals surface area (Å²) in [5.41, 5.74) is 6.61. The van der Waals surface area contributed by atoms with Crippen molar-refractivity contribution in [2.75, 3.05) is 0 Å². The molecule has 0 saturated heterocycles. The molecule has 0 radical (unpaired) electrons. The second-order valence-corrected chi connectivity index (χ2v) is 3.83. The van der Waals surface area contributed by atoms with Crippen LogP contribution in [-0.4, -0.2) is 5.11 Å². The number of nitrogens with two attached hydrogens (primary N) is 1.